The predicted molar refractivity (Wildman–Crippen MR) is 113 cm³/mol. The number of aromatic nitrogens is 1. The summed E-state index contributed by atoms with van der Waals surface area (Å²) < 4.78 is 32.7. The fourth-order valence-electron chi connectivity index (χ4n) is 3.49. The summed E-state index contributed by atoms with van der Waals surface area (Å²) >= 11 is 0. The van der Waals surface area contributed by atoms with Crippen molar-refractivity contribution in [3.8, 4) is 17.5 Å². The van der Waals surface area contributed by atoms with Crippen LogP contribution in [0, 0.1) is 11.3 Å². The van der Waals surface area contributed by atoms with E-state index in [-0.39, 0.29) is 28.4 Å². The van der Waals surface area contributed by atoms with Crippen LogP contribution >= 0.6 is 0 Å². The third-order valence-electron chi connectivity index (χ3n) is 5.18. The minimum atomic E-state index is -3.47. The maximum absolute atomic E-state index is 12.7. The lowest BCUT2D eigenvalue weighted by Gasteiger charge is -2.15. The first-order chi connectivity index (χ1) is 14.5. The van der Waals surface area contributed by atoms with E-state index in [0.29, 0.717) is 18.7 Å². The first-order valence-electron chi connectivity index (χ1n) is 9.82. The molecule has 1 saturated heterocycles. The van der Waals surface area contributed by atoms with Gasteiger partial charge in [-0.1, -0.05) is 30.3 Å². The van der Waals surface area contributed by atoms with E-state index in [1.165, 1.54) is 4.31 Å². The van der Waals surface area contributed by atoms with Crippen LogP contribution in [0.3, 0.4) is 0 Å². The van der Waals surface area contributed by atoms with Crippen LogP contribution in [0.5, 0.6) is 0 Å². The van der Waals surface area contributed by atoms with E-state index in [0.717, 1.165) is 18.4 Å². The van der Waals surface area contributed by atoms with Gasteiger partial charge in [0.2, 0.25) is 27.5 Å². The molecule has 3 aromatic rings. The predicted octanol–water partition coefficient (Wildman–Crippen LogP) is 4.17. The number of oxazole rings is 1. The van der Waals surface area contributed by atoms with Gasteiger partial charge in [-0.2, -0.15) is 14.6 Å². The van der Waals surface area contributed by atoms with Crippen LogP contribution in [0.15, 0.2) is 63.9 Å². The van der Waals surface area contributed by atoms with Gasteiger partial charge in [-0.05, 0) is 49.6 Å². The maximum Gasteiger partial charge on any atom is 0.243 e. The number of hydrogen-bond donors (Lipinski definition) is 1. The van der Waals surface area contributed by atoms with E-state index in [9.17, 15) is 13.7 Å². The Labute approximate surface area is 176 Å². The molecule has 0 bridgehead atoms. The lowest BCUT2D eigenvalue weighted by molar-refractivity contribution is 0.477. The Hall–Kier alpha value is -3.15. The zero-order valence-electron chi connectivity index (χ0n) is 16.6. The number of nitriles is 1. The zero-order valence-corrected chi connectivity index (χ0v) is 17.4. The van der Waals surface area contributed by atoms with Gasteiger partial charge >= 0.3 is 0 Å². The van der Waals surface area contributed by atoms with E-state index < -0.39 is 10.0 Å². The molecule has 1 atom stereocenters. The van der Waals surface area contributed by atoms with Crippen molar-refractivity contribution in [2.45, 2.75) is 30.7 Å². The summed E-state index contributed by atoms with van der Waals surface area (Å²) in [5.74, 6) is 0.553. The lowest BCUT2D eigenvalue weighted by atomic mass is 10.1. The summed E-state index contributed by atoms with van der Waals surface area (Å²) in [6, 6.07) is 18.2. The van der Waals surface area contributed by atoms with Gasteiger partial charge in [0.25, 0.3) is 0 Å². The Morgan fingerprint density at radius 2 is 1.77 bits per heavy atom. The van der Waals surface area contributed by atoms with Gasteiger partial charge < -0.3 is 9.73 Å². The van der Waals surface area contributed by atoms with Crippen molar-refractivity contribution in [3.05, 3.63) is 65.9 Å². The van der Waals surface area contributed by atoms with E-state index in [2.05, 4.69) is 10.3 Å². The molecule has 0 aliphatic carbocycles. The maximum atomic E-state index is 12.7. The number of anilines is 1. The quantitative estimate of drug-likeness (QED) is 0.640. The minimum Gasteiger partial charge on any atom is -0.419 e. The second-order valence-corrected chi connectivity index (χ2v) is 9.16. The number of rotatable bonds is 6. The topological polar surface area (TPSA) is 99.2 Å². The molecule has 0 amide bonds. The standard InChI is InChI=1S/C22H22N4O3S/c1-16(17-7-3-2-4-8-17)24-22-20(15-23)25-21(29-22)18-9-11-19(12-10-18)30(27,28)26-13-5-6-14-26/h2-4,7-12,16,24H,5-6,13-14H2,1H3/t16-/m0/s1. The third kappa shape index (κ3) is 3.95. The highest BCUT2D eigenvalue weighted by molar-refractivity contribution is 7.89. The highest BCUT2D eigenvalue weighted by Crippen LogP contribution is 2.29. The smallest absolute Gasteiger partial charge is 0.243 e. The molecule has 1 N–H and O–H groups in total. The number of benzene rings is 2. The molecular formula is C22H22N4O3S. The molecule has 0 radical (unpaired) electrons. The van der Waals surface area contributed by atoms with Gasteiger partial charge in [-0.15, -0.1) is 0 Å². The highest BCUT2D eigenvalue weighted by atomic mass is 32.2. The van der Waals surface area contributed by atoms with E-state index in [1.807, 2.05) is 43.3 Å². The molecule has 1 aliphatic heterocycles. The average molecular weight is 423 g/mol. The first kappa shape index (κ1) is 20.1. The van der Waals surface area contributed by atoms with Crippen LogP contribution in [0.4, 0.5) is 5.88 Å². The van der Waals surface area contributed by atoms with E-state index in [1.54, 1.807) is 24.3 Å². The van der Waals surface area contributed by atoms with E-state index in [4.69, 9.17) is 4.42 Å². The molecular weight excluding hydrogens is 400 g/mol. The number of hydrogen-bond acceptors (Lipinski definition) is 6. The second kappa shape index (κ2) is 8.30. The van der Waals surface area contributed by atoms with Crippen molar-refractivity contribution >= 4 is 15.9 Å². The Bertz CT molecular complexity index is 1160. The van der Waals surface area contributed by atoms with Crippen LogP contribution in [0.1, 0.15) is 37.1 Å². The molecule has 0 saturated carbocycles. The second-order valence-electron chi connectivity index (χ2n) is 7.22. The number of nitrogens with zero attached hydrogens (tertiary/aromatic N) is 3. The Morgan fingerprint density at radius 1 is 1.10 bits per heavy atom. The monoisotopic (exact) mass is 422 g/mol. The number of nitrogens with one attached hydrogen (secondary N) is 1. The fourth-order valence-corrected chi connectivity index (χ4v) is 5.00. The normalized spacial score (nSPS) is 15.6. The summed E-state index contributed by atoms with van der Waals surface area (Å²) in [5.41, 5.74) is 1.81. The summed E-state index contributed by atoms with van der Waals surface area (Å²) in [4.78, 5) is 4.51. The summed E-state index contributed by atoms with van der Waals surface area (Å²) in [7, 11) is -3.47. The van der Waals surface area contributed by atoms with Gasteiger partial charge in [-0.25, -0.2) is 8.42 Å². The van der Waals surface area contributed by atoms with Crippen LogP contribution in [-0.4, -0.2) is 30.8 Å². The van der Waals surface area contributed by atoms with Crippen LogP contribution in [0.2, 0.25) is 0 Å². The molecule has 1 fully saturated rings. The van der Waals surface area contributed by atoms with Crippen molar-refractivity contribution in [2.75, 3.05) is 18.4 Å². The zero-order chi connectivity index (χ0) is 21.1. The van der Waals surface area contributed by atoms with Gasteiger partial charge in [0, 0.05) is 18.7 Å². The molecule has 8 heteroatoms. The fraction of sp³-hybridized carbons (Fsp3) is 0.273. The summed E-state index contributed by atoms with van der Waals surface area (Å²) in [6.07, 6.45) is 1.78. The molecule has 1 aliphatic rings. The highest BCUT2D eigenvalue weighted by Gasteiger charge is 2.27. The molecule has 4 rings (SSSR count). The van der Waals surface area contributed by atoms with Gasteiger partial charge in [0.05, 0.1) is 10.9 Å². The Kier molecular flexibility index (Phi) is 5.57. The SMILES string of the molecule is C[C@H](Nc1oc(-c2ccc(S(=O)(=O)N3CCCC3)cc2)nc1C#N)c1ccccc1. The Balaban J connectivity index is 1.57. The molecule has 30 heavy (non-hydrogen) atoms. The third-order valence-corrected chi connectivity index (χ3v) is 7.10. The van der Waals surface area contributed by atoms with Crippen molar-refractivity contribution in [1.29, 1.82) is 5.26 Å². The largest absolute Gasteiger partial charge is 0.419 e. The molecule has 2 heterocycles. The van der Waals surface area contributed by atoms with Crippen LogP contribution in [-0.2, 0) is 10.0 Å². The first-order valence-corrected chi connectivity index (χ1v) is 11.3. The van der Waals surface area contributed by atoms with Crippen LogP contribution < -0.4 is 5.32 Å². The van der Waals surface area contributed by atoms with Crippen molar-refractivity contribution in [1.82, 2.24) is 9.29 Å². The molecule has 2 aromatic carbocycles. The molecule has 0 spiro atoms. The lowest BCUT2D eigenvalue weighted by Crippen LogP contribution is -2.27. The number of sulfonamides is 1. The van der Waals surface area contributed by atoms with Crippen molar-refractivity contribution in [2.24, 2.45) is 0 Å². The van der Waals surface area contributed by atoms with Gasteiger partial charge in [0.1, 0.15) is 6.07 Å². The Morgan fingerprint density at radius 3 is 2.40 bits per heavy atom. The van der Waals surface area contributed by atoms with Crippen LogP contribution in [0.25, 0.3) is 11.5 Å². The van der Waals surface area contributed by atoms with Crippen molar-refractivity contribution in [3.63, 3.8) is 0 Å². The van der Waals surface area contributed by atoms with Crippen molar-refractivity contribution < 1.29 is 12.8 Å². The molecule has 7 nitrogen and oxygen atoms in total. The molecule has 1 aromatic heterocycles. The summed E-state index contributed by atoms with van der Waals surface area (Å²) in [6.45, 7) is 3.09. The molecule has 154 valence electrons. The summed E-state index contributed by atoms with van der Waals surface area (Å²) in [5, 5.41) is 12.6. The molecule has 0 unspecified atom stereocenters. The van der Waals surface area contributed by atoms with Gasteiger partial charge in [-0.3, -0.25) is 0 Å². The average Bonchev–Trinajstić information content (AvgIpc) is 3.45. The minimum absolute atomic E-state index is 0.0768. The van der Waals surface area contributed by atoms with Gasteiger partial charge in [0.15, 0.2) is 0 Å². The van der Waals surface area contributed by atoms with E-state index >= 15 is 0 Å².